The summed E-state index contributed by atoms with van der Waals surface area (Å²) in [4.78, 5) is 23.2. The first-order valence-corrected chi connectivity index (χ1v) is 5.70. The number of hydrogen-bond acceptors (Lipinski definition) is 5. The number of carbonyl (C=O) groups is 2. The molecule has 2 unspecified atom stereocenters. The zero-order valence-electron chi connectivity index (χ0n) is 10.0. The number of carbonyl (C=O) groups excluding carboxylic acids is 2. The Morgan fingerprint density at radius 1 is 1.17 bits per heavy atom. The molecule has 2 aliphatic rings. The van der Waals surface area contributed by atoms with Gasteiger partial charge in [-0.25, -0.2) is 5.01 Å². The average Bonchev–Trinajstić information content (AvgIpc) is 2.87. The molecule has 2 amide bonds. The van der Waals surface area contributed by atoms with Crippen molar-refractivity contribution < 1.29 is 9.59 Å². The lowest BCUT2D eigenvalue weighted by Gasteiger charge is -2.19. The van der Waals surface area contributed by atoms with E-state index in [-0.39, 0.29) is 11.8 Å². The van der Waals surface area contributed by atoms with Gasteiger partial charge in [-0.1, -0.05) is 11.3 Å². The Morgan fingerprint density at radius 3 is 2.67 bits per heavy atom. The first-order valence-electron chi connectivity index (χ1n) is 5.70. The minimum Gasteiger partial charge on any atom is -0.292 e. The highest BCUT2D eigenvalue weighted by Gasteiger charge is 2.49. The van der Waals surface area contributed by atoms with Crippen LogP contribution in [-0.4, -0.2) is 23.9 Å². The lowest BCUT2D eigenvalue weighted by molar-refractivity contribution is -0.125. The van der Waals surface area contributed by atoms with Gasteiger partial charge in [0.2, 0.25) is 0 Å². The molecule has 0 aromatic heterocycles. The van der Waals surface area contributed by atoms with E-state index in [1.165, 1.54) is 10.6 Å². The SMILES string of the molecule is Cc1ccc(N2N=NC3C(=O)NC(=O)C32)cc1C. The second-order valence-electron chi connectivity index (χ2n) is 4.56. The molecule has 1 saturated heterocycles. The van der Waals surface area contributed by atoms with Crippen molar-refractivity contribution in [2.45, 2.75) is 25.9 Å². The Kier molecular flexibility index (Phi) is 2.19. The van der Waals surface area contributed by atoms with Gasteiger partial charge in [0.25, 0.3) is 11.8 Å². The summed E-state index contributed by atoms with van der Waals surface area (Å²) in [7, 11) is 0. The van der Waals surface area contributed by atoms with E-state index in [1.807, 2.05) is 32.0 Å². The van der Waals surface area contributed by atoms with Crippen molar-refractivity contribution in [3.63, 3.8) is 0 Å². The second kappa shape index (κ2) is 3.63. The summed E-state index contributed by atoms with van der Waals surface area (Å²) in [6, 6.07) is 4.42. The third kappa shape index (κ3) is 1.42. The van der Waals surface area contributed by atoms with Crippen molar-refractivity contribution in [3.8, 4) is 0 Å². The average molecular weight is 244 g/mol. The maximum Gasteiger partial charge on any atom is 0.256 e. The van der Waals surface area contributed by atoms with Gasteiger partial charge in [-0.05, 0) is 37.1 Å². The first-order chi connectivity index (χ1) is 8.58. The Labute approximate surface area is 104 Å². The normalized spacial score (nSPS) is 25.6. The van der Waals surface area contributed by atoms with Gasteiger partial charge < -0.3 is 0 Å². The lowest BCUT2D eigenvalue weighted by Crippen LogP contribution is -2.38. The summed E-state index contributed by atoms with van der Waals surface area (Å²) in [5.74, 6) is -0.715. The summed E-state index contributed by atoms with van der Waals surface area (Å²) in [5.41, 5.74) is 3.05. The molecular weight excluding hydrogens is 232 g/mol. The number of nitrogens with one attached hydrogen (secondary N) is 1. The molecule has 1 aromatic carbocycles. The number of nitrogens with zero attached hydrogens (tertiary/aromatic N) is 3. The standard InChI is InChI=1S/C12H12N4O2/c1-6-3-4-8(5-7(6)2)16-10-9(14-15-16)11(17)13-12(10)18/h3-5,9-10H,1-2H3,(H,13,17,18). The molecular formula is C12H12N4O2. The minimum absolute atomic E-state index is 0.340. The van der Waals surface area contributed by atoms with Gasteiger partial charge in [0, 0.05) is 0 Å². The highest BCUT2D eigenvalue weighted by molar-refractivity contribution is 6.11. The third-order valence-electron chi connectivity index (χ3n) is 3.37. The summed E-state index contributed by atoms with van der Waals surface area (Å²) >= 11 is 0. The van der Waals surface area contributed by atoms with E-state index in [0.717, 1.165) is 11.3 Å². The van der Waals surface area contributed by atoms with E-state index in [2.05, 4.69) is 15.7 Å². The Balaban J connectivity index is 1.98. The number of benzene rings is 1. The van der Waals surface area contributed by atoms with Crippen molar-refractivity contribution in [1.29, 1.82) is 0 Å². The van der Waals surface area contributed by atoms with Crippen LogP contribution in [0.1, 0.15) is 11.1 Å². The molecule has 6 heteroatoms. The molecule has 1 fully saturated rings. The van der Waals surface area contributed by atoms with Crippen LogP contribution in [0.2, 0.25) is 0 Å². The van der Waals surface area contributed by atoms with Gasteiger partial charge in [-0.3, -0.25) is 14.9 Å². The molecule has 92 valence electrons. The number of anilines is 1. The number of aryl methyl sites for hydroxylation is 2. The van der Waals surface area contributed by atoms with Crippen LogP contribution in [0.15, 0.2) is 28.5 Å². The molecule has 3 rings (SSSR count). The van der Waals surface area contributed by atoms with Gasteiger partial charge >= 0.3 is 0 Å². The fraction of sp³-hybridized carbons (Fsp3) is 0.333. The summed E-state index contributed by atoms with van der Waals surface area (Å²) in [6.45, 7) is 4.00. The Morgan fingerprint density at radius 2 is 1.94 bits per heavy atom. The fourth-order valence-corrected chi connectivity index (χ4v) is 2.16. The van der Waals surface area contributed by atoms with Crippen molar-refractivity contribution >= 4 is 17.5 Å². The van der Waals surface area contributed by atoms with Crippen LogP contribution in [0.25, 0.3) is 0 Å². The van der Waals surface area contributed by atoms with Crippen LogP contribution in [0.5, 0.6) is 0 Å². The molecule has 0 radical (unpaired) electrons. The molecule has 0 aliphatic carbocycles. The predicted octanol–water partition coefficient (Wildman–Crippen LogP) is 0.884. The maximum absolute atomic E-state index is 11.7. The zero-order chi connectivity index (χ0) is 12.9. The van der Waals surface area contributed by atoms with Crippen LogP contribution in [0.4, 0.5) is 5.69 Å². The smallest absolute Gasteiger partial charge is 0.256 e. The highest BCUT2D eigenvalue weighted by atomic mass is 16.2. The number of hydrogen-bond donors (Lipinski definition) is 1. The first kappa shape index (κ1) is 10.9. The lowest BCUT2D eigenvalue weighted by atomic mass is 10.1. The van der Waals surface area contributed by atoms with Gasteiger partial charge in [0.15, 0.2) is 12.1 Å². The predicted molar refractivity (Wildman–Crippen MR) is 64.0 cm³/mol. The summed E-state index contributed by atoms with van der Waals surface area (Å²) in [6.07, 6.45) is 0. The largest absolute Gasteiger partial charge is 0.292 e. The molecule has 0 bridgehead atoms. The molecule has 6 nitrogen and oxygen atoms in total. The van der Waals surface area contributed by atoms with E-state index in [0.29, 0.717) is 0 Å². The number of fused-ring (bicyclic) bond motifs is 1. The Hall–Kier alpha value is -2.24. The van der Waals surface area contributed by atoms with Crippen molar-refractivity contribution in [2.75, 3.05) is 5.01 Å². The molecule has 0 saturated carbocycles. The molecule has 2 atom stereocenters. The number of imide groups is 1. The number of amides is 2. The second-order valence-corrected chi connectivity index (χ2v) is 4.56. The maximum atomic E-state index is 11.7. The topological polar surface area (TPSA) is 74.1 Å². The molecule has 1 N–H and O–H groups in total. The van der Waals surface area contributed by atoms with Crippen molar-refractivity contribution in [3.05, 3.63) is 29.3 Å². The molecule has 1 aromatic rings. The van der Waals surface area contributed by atoms with Crippen LogP contribution in [-0.2, 0) is 9.59 Å². The van der Waals surface area contributed by atoms with Gasteiger partial charge in [0.1, 0.15) is 0 Å². The molecule has 18 heavy (non-hydrogen) atoms. The van der Waals surface area contributed by atoms with Crippen LogP contribution >= 0.6 is 0 Å². The minimum atomic E-state index is -0.709. The van der Waals surface area contributed by atoms with Crippen molar-refractivity contribution in [1.82, 2.24) is 5.32 Å². The van der Waals surface area contributed by atoms with E-state index in [1.54, 1.807) is 0 Å². The van der Waals surface area contributed by atoms with Crippen LogP contribution < -0.4 is 10.3 Å². The van der Waals surface area contributed by atoms with Gasteiger partial charge in [-0.2, -0.15) is 5.11 Å². The number of rotatable bonds is 1. The van der Waals surface area contributed by atoms with E-state index < -0.39 is 12.1 Å². The van der Waals surface area contributed by atoms with E-state index >= 15 is 0 Å². The van der Waals surface area contributed by atoms with Crippen molar-refractivity contribution in [2.24, 2.45) is 10.3 Å². The van der Waals surface area contributed by atoms with Crippen LogP contribution in [0, 0.1) is 13.8 Å². The van der Waals surface area contributed by atoms with Crippen LogP contribution in [0.3, 0.4) is 0 Å². The quantitative estimate of drug-likeness (QED) is 0.745. The van der Waals surface area contributed by atoms with Gasteiger partial charge in [0.05, 0.1) is 5.69 Å². The monoisotopic (exact) mass is 244 g/mol. The zero-order valence-corrected chi connectivity index (χ0v) is 10.0. The third-order valence-corrected chi connectivity index (χ3v) is 3.37. The van der Waals surface area contributed by atoms with Gasteiger partial charge in [-0.15, -0.1) is 0 Å². The summed E-state index contributed by atoms with van der Waals surface area (Å²) in [5, 5.41) is 11.6. The fourth-order valence-electron chi connectivity index (χ4n) is 2.16. The summed E-state index contributed by atoms with van der Waals surface area (Å²) < 4.78 is 0. The van der Waals surface area contributed by atoms with E-state index in [9.17, 15) is 9.59 Å². The highest BCUT2D eigenvalue weighted by Crippen LogP contribution is 2.29. The molecule has 2 aliphatic heterocycles. The molecule has 0 spiro atoms. The molecule has 2 heterocycles. The van der Waals surface area contributed by atoms with E-state index in [4.69, 9.17) is 0 Å². The Bertz CT molecular complexity index is 581.